The summed E-state index contributed by atoms with van der Waals surface area (Å²) in [6.07, 6.45) is 1.17. The van der Waals surface area contributed by atoms with Crippen LogP contribution in [0.4, 0.5) is 0 Å². The lowest BCUT2D eigenvalue weighted by Crippen LogP contribution is -2.32. The van der Waals surface area contributed by atoms with Crippen LogP contribution in [0.1, 0.15) is 18.0 Å². The maximum atomic E-state index is 6.34. The third kappa shape index (κ3) is 3.70. The van der Waals surface area contributed by atoms with E-state index in [4.69, 9.17) is 22.1 Å². The number of methoxy groups -OCH3 is 1. The van der Waals surface area contributed by atoms with Gasteiger partial charge in [0, 0.05) is 35.7 Å². The van der Waals surface area contributed by atoms with Crippen LogP contribution >= 0.6 is 27.5 Å². The fraction of sp³-hybridized carbons (Fsp3) is 0.571. The number of nitrogens with zero attached hydrogens (tertiary/aromatic N) is 1. The fourth-order valence-electron chi connectivity index (χ4n) is 2.76. The molecule has 1 saturated heterocycles. The van der Waals surface area contributed by atoms with Gasteiger partial charge in [-0.15, -0.1) is 0 Å². The molecule has 0 spiro atoms. The molecule has 2 atom stereocenters. The van der Waals surface area contributed by atoms with Gasteiger partial charge in [0.1, 0.15) is 0 Å². The molecule has 0 aromatic heterocycles. The van der Waals surface area contributed by atoms with E-state index >= 15 is 0 Å². The van der Waals surface area contributed by atoms with Crippen molar-refractivity contribution in [2.24, 2.45) is 11.7 Å². The molecule has 3 nitrogen and oxygen atoms in total. The Morgan fingerprint density at radius 3 is 3.00 bits per heavy atom. The molecular formula is C14H20BrClN2O. The lowest BCUT2D eigenvalue weighted by Gasteiger charge is -2.28. The standard InChI is InChI=1S/C14H20BrClN2O/c1-19-9-10-4-5-18(8-10)14(7-17)12-3-2-11(15)6-13(12)16/h2-3,6,10,14H,4-5,7-9,17H2,1H3. The van der Waals surface area contributed by atoms with E-state index in [0.29, 0.717) is 12.5 Å². The fourth-order valence-corrected chi connectivity index (χ4v) is 3.56. The first-order valence-corrected chi connectivity index (χ1v) is 7.70. The summed E-state index contributed by atoms with van der Waals surface area (Å²) in [6.45, 7) is 3.49. The molecule has 1 aromatic rings. The molecule has 1 fully saturated rings. The minimum Gasteiger partial charge on any atom is -0.384 e. The first-order chi connectivity index (χ1) is 9.15. The zero-order valence-corrected chi connectivity index (χ0v) is 13.5. The molecule has 0 saturated carbocycles. The Kier molecular flexibility index (Phi) is 5.66. The molecule has 1 aliphatic heterocycles. The van der Waals surface area contributed by atoms with Crippen LogP contribution in [0.15, 0.2) is 22.7 Å². The van der Waals surface area contributed by atoms with Crippen molar-refractivity contribution in [2.45, 2.75) is 12.5 Å². The van der Waals surface area contributed by atoms with E-state index in [-0.39, 0.29) is 6.04 Å². The molecule has 2 unspecified atom stereocenters. The largest absolute Gasteiger partial charge is 0.384 e. The lowest BCUT2D eigenvalue weighted by molar-refractivity contribution is 0.147. The van der Waals surface area contributed by atoms with Gasteiger partial charge in [-0.3, -0.25) is 4.90 Å². The number of hydrogen-bond acceptors (Lipinski definition) is 3. The summed E-state index contributed by atoms with van der Waals surface area (Å²) in [6, 6.07) is 6.21. The molecule has 0 radical (unpaired) electrons. The molecule has 2 N–H and O–H groups in total. The van der Waals surface area contributed by atoms with Crippen molar-refractivity contribution in [3.8, 4) is 0 Å². The Balaban J connectivity index is 2.12. The maximum Gasteiger partial charge on any atom is 0.0503 e. The predicted molar refractivity (Wildman–Crippen MR) is 82.5 cm³/mol. The smallest absolute Gasteiger partial charge is 0.0503 e. The van der Waals surface area contributed by atoms with Gasteiger partial charge < -0.3 is 10.5 Å². The van der Waals surface area contributed by atoms with Crippen LogP contribution in [0, 0.1) is 5.92 Å². The number of rotatable bonds is 5. The van der Waals surface area contributed by atoms with Gasteiger partial charge in [-0.2, -0.15) is 0 Å². The molecular weight excluding hydrogens is 328 g/mol. The Morgan fingerprint density at radius 1 is 1.58 bits per heavy atom. The minimum absolute atomic E-state index is 0.197. The van der Waals surface area contributed by atoms with Gasteiger partial charge in [-0.05, 0) is 36.6 Å². The number of benzene rings is 1. The first kappa shape index (κ1) is 15.3. The van der Waals surface area contributed by atoms with Gasteiger partial charge >= 0.3 is 0 Å². The Labute approximate surface area is 128 Å². The summed E-state index contributed by atoms with van der Waals surface area (Å²) in [4.78, 5) is 2.42. The molecule has 0 amide bonds. The molecule has 1 aliphatic rings. The normalized spacial score (nSPS) is 21.8. The predicted octanol–water partition coefficient (Wildman–Crippen LogP) is 3.07. The van der Waals surface area contributed by atoms with Crippen molar-refractivity contribution < 1.29 is 4.74 Å². The van der Waals surface area contributed by atoms with E-state index in [1.807, 2.05) is 12.1 Å². The molecule has 106 valence electrons. The van der Waals surface area contributed by atoms with Crippen LogP contribution in [0.25, 0.3) is 0 Å². The number of hydrogen-bond donors (Lipinski definition) is 1. The van der Waals surface area contributed by atoms with Crippen LogP contribution < -0.4 is 5.73 Å². The van der Waals surface area contributed by atoms with Crippen LogP contribution in [-0.2, 0) is 4.74 Å². The molecule has 1 heterocycles. The van der Waals surface area contributed by atoms with Crippen LogP contribution in [-0.4, -0.2) is 38.3 Å². The highest BCUT2D eigenvalue weighted by Gasteiger charge is 2.29. The van der Waals surface area contributed by atoms with E-state index in [2.05, 4.69) is 26.9 Å². The highest BCUT2D eigenvalue weighted by molar-refractivity contribution is 9.10. The van der Waals surface area contributed by atoms with E-state index in [0.717, 1.165) is 34.8 Å². The maximum absolute atomic E-state index is 6.34. The van der Waals surface area contributed by atoms with Gasteiger partial charge in [0.2, 0.25) is 0 Å². The summed E-state index contributed by atoms with van der Waals surface area (Å²) in [7, 11) is 1.76. The quantitative estimate of drug-likeness (QED) is 0.889. The van der Waals surface area contributed by atoms with E-state index < -0.39 is 0 Å². The number of nitrogens with two attached hydrogens (primary N) is 1. The zero-order chi connectivity index (χ0) is 13.8. The van der Waals surface area contributed by atoms with Gasteiger partial charge in [0.05, 0.1) is 6.61 Å². The second-order valence-electron chi connectivity index (χ2n) is 5.02. The number of likely N-dealkylation sites (tertiary alicyclic amines) is 1. The van der Waals surface area contributed by atoms with Crippen molar-refractivity contribution in [3.63, 3.8) is 0 Å². The van der Waals surface area contributed by atoms with Crippen molar-refractivity contribution >= 4 is 27.5 Å². The monoisotopic (exact) mass is 346 g/mol. The SMILES string of the molecule is COCC1CCN(C(CN)c2ccc(Br)cc2Cl)C1. The Morgan fingerprint density at radius 2 is 2.37 bits per heavy atom. The van der Waals surface area contributed by atoms with Gasteiger partial charge in [-0.1, -0.05) is 33.6 Å². The number of ether oxygens (including phenoxy) is 1. The van der Waals surface area contributed by atoms with E-state index in [9.17, 15) is 0 Å². The van der Waals surface area contributed by atoms with Crippen molar-refractivity contribution in [3.05, 3.63) is 33.3 Å². The molecule has 0 bridgehead atoms. The topological polar surface area (TPSA) is 38.5 Å². The molecule has 0 aliphatic carbocycles. The minimum atomic E-state index is 0.197. The summed E-state index contributed by atoms with van der Waals surface area (Å²) in [5.41, 5.74) is 7.08. The van der Waals surface area contributed by atoms with Gasteiger partial charge in [0.25, 0.3) is 0 Å². The summed E-state index contributed by atoms with van der Waals surface area (Å²) >= 11 is 9.78. The Bertz CT molecular complexity index is 430. The summed E-state index contributed by atoms with van der Waals surface area (Å²) in [5, 5.41) is 0.778. The van der Waals surface area contributed by atoms with Crippen molar-refractivity contribution in [1.82, 2.24) is 4.90 Å². The Hall–Kier alpha value is -0.130. The summed E-state index contributed by atoms with van der Waals surface area (Å²) in [5.74, 6) is 0.605. The second-order valence-corrected chi connectivity index (χ2v) is 6.35. The highest BCUT2D eigenvalue weighted by atomic mass is 79.9. The molecule has 1 aromatic carbocycles. The van der Waals surface area contributed by atoms with E-state index in [1.54, 1.807) is 7.11 Å². The van der Waals surface area contributed by atoms with Gasteiger partial charge in [0.15, 0.2) is 0 Å². The zero-order valence-electron chi connectivity index (χ0n) is 11.1. The average Bonchev–Trinajstić information content (AvgIpc) is 2.82. The van der Waals surface area contributed by atoms with Crippen molar-refractivity contribution in [1.29, 1.82) is 0 Å². The molecule has 2 rings (SSSR count). The van der Waals surface area contributed by atoms with E-state index in [1.165, 1.54) is 6.42 Å². The first-order valence-electron chi connectivity index (χ1n) is 6.53. The average molecular weight is 348 g/mol. The van der Waals surface area contributed by atoms with Crippen LogP contribution in [0.3, 0.4) is 0 Å². The third-order valence-electron chi connectivity index (χ3n) is 3.71. The highest BCUT2D eigenvalue weighted by Crippen LogP contribution is 2.32. The van der Waals surface area contributed by atoms with Crippen molar-refractivity contribution in [2.75, 3.05) is 33.4 Å². The third-order valence-corrected chi connectivity index (χ3v) is 4.53. The van der Waals surface area contributed by atoms with Gasteiger partial charge in [-0.25, -0.2) is 0 Å². The molecule has 5 heteroatoms. The van der Waals surface area contributed by atoms with Crippen LogP contribution in [0.5, 0.6) is 0 Å². The molecule has 19 heavy (non-hydrogen) atoms. The number of halogens is 2. The second kappa shape index (κ2) is 7.04. The lowest BCUT2D eigenvalue weighted by atomic mass is 10.1. The summed E-state index contributed by atoms with van der Waals surface area (Å²) < 4.78 is 6.24. The van der Waals surface area contributed by atoms with Crippen LogP contribution in [0.2, 0.25) is 5.02 Å².